The number of nitrogens with one attached hydrogen (secondary N) is 1. The summed E-state index contributed by atoms with van der Waals surface area (Å²) >= 11 is 0.133. The lowest BCUT2D eigenvalue weighted by atomic mass is 10.2. The van der Waals surface area contributed by atoms with Crippen LogP contribution in [0, 0.1) is 0 Å². The minimum absolute atomic E-state index is 0.0352. The van der Waals surface area contributed by atoms with Crippen molar-refractivity contribution < 1.29 is 22.0 Å². The average Bonchev–Trinajstić information content (AvgIpc) is 3.12. The van der Waals surface area contributed by atoms with Gasteiger partial charge in [0.15, 0.2) is 14.6 Å². The van der Waals surface area contributed by atoms with E-state index in [-0.39, 0.29) is 17.8 Å². The summed E-state index contributed by atoms with van der Waals surface area (Å²) in [6.45, 7) is -0.0755. The predicted molar refractivity (Wildman–Crippen MR) is 95.2 cm³/mol. The van der Waals surface area contributed by atoms with Crippen molar-refractivity contribution in [1.29, 1.82) is 0 Å². The molecule has 0 fully saturated rings. The fraction of sp³-hybridized carbons (Fsp3) is 0.214. The van der Waals surface area contributed by atoms with Gasteiger partial charge in [-0.3, -0.25) is 4.68 Å². The minimum Gasteiger partial charge on any atom is -0.357 e. The Hall–Kier alpha value is -1.63. The second kappa shape index (κ2) is 6.94. The van der Waals surface area contributed by atoms with Gasteiger partial charge in [0.1, 0.15) is 5.83 Å². The molecule has 0 unspecified atom stereocenters. The van der Waals surface area contributed by atoms with Crippen molar-refractivity contribution in [3.05, 3.63) is 39.5 Å². The fourth-order valence-electron chi connectivity index (χ4n) is 2.02. The van der Waals surface area contributed by atoms with Crippen molar-refractivity contribution in [3.8, 4) is 10.6 Å². The van der Waals surface area contributed by atoms with Crippen LogP contribution >= 0.6 is 32.1 Å². The van der Waals surface area contributed by atoms with E-state index in [9.17, 15) is 22.0 Å². The molecule has 1 aliphatic rings. The number of rotatable bonds is 4. The topological polar surface area (TPSA) is 42.7 Å². The normalized spacial score (nSPS) is 15.2. The molecule has 0 atom stereocenters. The highest BCUT2D eigenvalue weighted by atomic mass is 127. The molecule has 2 aromatic rings. The van der Waals surface area contributed by atoms with Gasteiger partial charge in [-0.25, -0.2) is 9.37 Å². The van der Waals surface area contributed by atoms with Crippen molar-refractivity contribution in [3.63, 3.8) is 0 Å². The average molecular weight is 488 g/mol. The molecule has 0 bridgehead atoms. The monoisotopic (exact) mass is 488 g/mol. The zero-order chi connectivity index (χ0) is 18.2. The Morgan fingerprint density at radius 3 is 2.72 bits per heavy atom. The molecule has 3 rings (SSSR count). The predicted octanol–water partition coefficient (Wildman–Crippen LogP) is 4.80. The number of aromatic nitrogens is 3. The maximum Gasteiger partial charge on any atom is 0.435 e. The largest absolute Gasteiger partial charge is 0.435 e. The highest BCUT2D eigenvalue weighted by molar-refractivity contribution is 14.2. The number of halogens is 6. The van der Waals surface area contributed by atoms with Crippen LogP contribution in [0.4, 0.5) is 27.1 Å². The fourth-order valence-corrected chi connectivity index (χ4v) is 4.52. The molecule has 2 aromatic heterocycles. The van der Waals surface area contributed by atoms with Gasteiger partial charge in [-0.05, 0) is 16.2 Å². The molecular weight excluding hydrogens is 478 g/mol. The molecule has 25 heavy (non-hydrogen) atoms. The van der Waals surface area contributed by atoms with E-state index in [0.717, 1.165) is 22.1 Å². The summed E-state index contributed by atoms with van der Waals surface area (Å²) in [6.07, 6.45) is -1.89. The quantitative estimate of drug-likeness (QED) is 0.497. The Kier molecular flexibility index (Phi) is 5.04. The van der Waals surface area contributed by atoms with Crippen LogP contribution in [-0.4, -0.2) is 25.1 Å². The number of alkyl halides is 3. The summed E-state index contributed by atoms with van der Waals surface area (Å²) < 4.78 is 67.6. The molecule has 0 radical (unpaired) electrons. The third kappa shape index (κ3) is 3.97. The molecule has 11 heteroatoms. The number of aryl methyl sites for hydroxylation is 1. The number of thiazole rings is 1. The van der Waals surface area contributed by atoms with Crippen LogP contribution in [0.25, 0.3) is 10.6 Å². The van der Waals surface area contributed by atoms with E-state index < -0.39 is 42.2 Å². The number of anilines is 1. The van der Waals surface area contributed by atoms with E-state index in [4.69, 9.17) is 0 Å². The molecule has 0 spiro atoms. The summed E-state index contributed by atoms with van der Waals surface area (Å²) in [6, 6.07) is 0.934. The van der Waals surface area contributed by atoms with Crippen molar-refractivity contribution in [1.82, 2.24) is 14.8 Å². The van der Waals surface area contributed by atoms with Crippen molar-refractivity contribution in [2.45, 2.75) is 6.18 Å². The first kappa shape index (κ1) is 18.2. The lowest BCUT2D eigenvalue weighted by molar-refractivity contribution is -0.141. The van der Waals surface area contributed by atoms with E-state index in [1.165, 1.54) is 23.4 Å². The summed E-state index contributed by atoms with van der Waals surface area (Å²) in [7, 11) is 1.40. The van der Waals surface area contributed by atoms with Gasteiger partial charge in [-0.1, -0.05) is 32.1 Å². The van der Waals surface area contributed by atoms with Crippen LogP contribution in [0.1, 0.15) is 5.69 Å². The maximum atomic E-state index is 13.7. The van der Waals surface area contributed by atoms with Gasteiger partial charge in [-0.15, -0.1) is 0 Å². The first-order chi connectivity index (χ1) is 11.8. The first-order valence-electron chi connectivity index (χ1n) is 6.78. The molecule has 1 aliphatic heterocycles. The number of hydrogen-bond acceptors (Lipinski definition) is 4. The van der Waals surface area contributed by atoms with E-state index in [0.29, 0.717) is 10.0 Å². The zero-order valence-electron chi connectivity index (χ0n) is 12.5. The van der Waals surface area contributed by atoms with Gasteiger partial charge in [0.25, 0.3) is 0 Å². The summed E-state index contributed by atoms with van der Waals surface area (Å²) in [5.74, 6) is -0.630. The summed E-state index contributed by atoms with van der Waals surface area (Å²) in [5.41, 5.74) is -0.769. The number of nitrogens with zero attached hydrogens (tertiary/aromatic N) is 3. The Balaban J connectivity index is 1.77. The molecule has 4 nitrogen and oxygen atoms in total. The van der Waals surface area contributed by atoms with Crippen LogP contribution in [-0.2, 0) is 13.2 Å². The standard InChI is InChI=1S/C14H10F5IN4S/c1-24-9(4-11(23-24)14(17,18)19)10-6-22-13(25-10)21-5-7-8(15)2-3-20-12(7)16/h2-4,6H,5H2,1H3,(H,21,22). The minimum atomic E-state index is -4.53. The lowest BCUT2D eigenvalue weighted by Crippen LogP contribution is -2.11. The van der Waals surface area contributed by atoms with Crippen LogP contribution in [0.2, 0.25) is 0 Å². The Morgan fingerprint density at radius 1 is 1.32 bits per heavy atom. The Bertz CT molecular complexity index is 893. The van der Waals surface area contributed by atoms with Crippen molar-refractivity contribution in [2.75, 3.05) is 11.9 Å². The number of hydrogen-bond donors (Lipinski definition) is 1. The van der Waals surface area contributed by atoms with E-state index >= 15 is 0 Å². The molecule has 1 N–H and O–H groups in total. The van der Waals surface area contributed by atoms with Gasteiger partial charge >= 0.3 is 6.18 Å². The molecule has 0 aromatic carbocycles. The molecule has 0 amide bonds. The molecular formula is C14H10F5IN4S. The van der Waals surface area contributed by atoms with E-state index in [1.54, 1.807) is 0 Å². The smallest absolute Gasteiger partial charge is 0.357 e. The van der Waals surface area contributed by atoms with Crippen LogP contribution < -0.4 is 5.32 Å². The van der Waals surface area contributed by atoms with Crippen LogP contribution in [0.15, 0.2) is 33.8 Å². The van der Waals surface area contributed by atoms with E-state index in [1.807, 2.05) is 0 Å². The molecule has 3 heterocycles. The van der Waals surface area contributed by atoms with Gasteiger partial charge in [-0.2, -0.15) is 22.7 Å². The maximum absolute atomic E-state index is 13.7. The Labute approximate surface area is 152 Å². The van der Waals surface area contributed by atoms with Gasteiger partial charge in [0.05, 0.1) is 10.6 Å². The van der Waals surface area contributed by atoms with Crippen molar-refractivity contribution >= 4 is 41.0 Å². The second-order valence-corrected chi connectivity index (χ2v) is 8.23. The van der Waals surface area contributed by atoms with Crippen LogP contribution in [0.5, 0.6) is 0 Å². The third-order valence-electron chi connectivity index (χ3n) is 3.23. The van der Waals surface area contributed by atoms with Gasteiger partial charge < -0.3 is 5.32 Å². The molecule has 0 saturated heterocycles. The number of allylic oxidation sites excluding steroid dienone is 2. The summed E-state index contributed by atoms with van der Waals surface area (Å²) in [4.78, 5) is 4.50. The van der Waals surface area contributed by atoms with Gasteiger partial charge in [0.2, 0.25) is 0 Å². The van der Waals surface area contributed by atoms with E-state index in [2.05, 4.69) is 15.4 Å². The zero-order valence-corrected chi connectivity index (χ0v) is 15.5. The molecule has 134 valence electrons. The second-order valence-electron chi connectivity index (χ2n) is 4.91. The van der Waals surface area contributed by atoms with Gasteiger partial charge in [0, 0.05) is 25.4 Å². The van der Waals surface area contributed by atoms with Crippen molar-refractivity contribution in [2.24, 2.45) is 7.05 Å². The lowest BCUT2D eigenvalue weighted by Gasteiger charge is -2.08. The van der Waals surface area contributed by atoms with Crippen LogP contribution in [0.3, 0.4) is 0 Å². The SMILES string of the molecule is Cn1nc(C(F)(F)F)cc1-c1cnc(NCC2=C(F)C=CI=C2F)s1. The third-order valence-corrected chi connectivity index (χ3v) is 6.12. The Morgan fingerprint density at radius 2 is 2.08 bits per heavy atom. The highest BCUT2D eigenvalue weighted by Gasteiger charge is 2.34. The molecule has 0 aliphatic carbocycles. The first-order valence-corrected chi connectivity index (χ1v) is 9.92. The molecule has 0 saturated carbocycles. The summed E-state index contributed by atoms with van der Waals surface area (Å²) in [5, 5.41) is 6.60. The highest BCUT2D eigenvalue weighted by Crippen LogP contribution is 2.34.